The zero-order valence-corrected chi connectivity index (χ0v) is 12.4. The van der Waals surface area contributed by atoms with Crippen LogP contribution < -0.4 is 4.90 Å². The Morgan fingerprint density at radius 2 is 2.31 bits per heavy atom. The van der Waals surface area contributed by atoms with Crippen LogP contribution in [-0.4, -0.2) is 18.1 Å². The molecule has 16 heavy (non-hydrogen) atoms. The second-order valence-corrected chi connectivity index (χ2v) is 6.38. The third kappa shape index (κ3) is 2.84. The first kappa shape index (κ1) is 12.1. The topological polar surface area (TPSA) is 16.1 Å². The quantitative estimate of drug-likeness (QED) is 0.846. The van der Waals surface area contributed by atoms with Crippen molar-refractivity contribution < 1.29 is 0 Å². The molecule has 2 aromatic rings. The van der Waals surface area contributed by atoms with Crippen LogP contribution in [0.15, 0.2) is 27.5 Å². The smallest absolute Gasteiger partial charge is 0.186 e. The number of nitrogens with zero attached hydrogens (tertiary/aromatic N) is 2. The van der Waals surface area contributed by atoms with Gasteiger partial charge in [-0.2, -0.15) is 0 Å². The van der Waals surface area contributed by atoms with Gasteiger partial charge in [-0.05, 0) is 34.3 Å². The molecule has 0 N–H and O–H groups in total. The van der Waals surface area contributed by atoms with Gasteiger partial charge in [0.15, 0.2) is 5.13 Å². The fourth-order valence-corrected chi connectivity index (χ4v) is 3.60. The summed E-state index contributed by atoms with van der Waals surface area (Å²) in [5, 5.41) is 5.21. The number of halogens is 1. The van der Waals surface area contributed by atoms with Gasteiger partial charge < -0.3 is 4.90 Å². The molecule has 0 saturated carbocycles. The van der Waals surface area contributed by atoms with Crippen molar-refractivity contribution in [3.05, 3.63) is 32.4 Å². The van der Waals surface area contributed by atoms with Gasteiger partial charge in [0.2, 0.25) is 0 Å². The SMILES string of the molecule is CC(Cc1cccs1)N(C)c1nc(Br)cs1. The first-order valence-electron chi connectivity index (χ1n) is 5.03. The van der Waals surface area contributed by atoms with Crippen LogP contribution in [0.1, 0.15) is 11.8 Å². The van der Waals surface area contributed by atoms with Crippen molar-refractivity contribution in [2.24, 2.45) is 0 Å². The van der Waals surface area contributed by atoms with Crippen LogP contribution in [0.4, 0.5) is 5.13 Å². The van der Waals surface area contributed by atoms with Crippen molar-refractivity contribution in [3.8, 4) is 0 Å². The number of hydrogen-bond acceptors (Lipinski definition) is 4. The minimum atomic E-state index is 0.469. The molecule has 0 aliphatic rings. The molecule has 2 heterocycles. The first-order valence-corrected chi connectivity index (χ1v) is 7.58. The lowest BCUT2D eigenvalue weighted by Crippen LogP contribution is -2.30. The Balaban J connectivity index is 2.02. The largest absolute Gasteiger partial charge is 0.348 e. The maximum Gasteiger partial charge on any atom is 0.186 e. The van der Waals surface area contributed by atoms with Gasteiger partial charge in [-0.15, -0.1) is 22.7 Å². The van der Waals surface area contributed by atoms with Gasteiger partial charge >= 0.3 is 0 Å². The number of aromatic nitrogens is 1. The monoisotopic (exact) mass is 316 g/mol. The minimum Gasteiger partial charge on any atom is -0.348 e. The highest BCUT2D eigenvalue weighted by Crippen LogP contribution is 2.25. The van der Waals surface area contributed by atoms with Crippen molar-refractivity contribution in [2.75, 3.05) is 11.9 Å². The molecular weight excluding hydrogens is 304 g/mol. The number of anilines is 1. The molecule has 0 saturated heterocycles. The molecule has 0 aliphatic carbocycles. The van der Waals surface area contributed by atoms with E-state index >= 15 is 0 Å². The molecule has 0 aliphatic heterocycles. The number of rotatable bonds is 4. The van der Waals surface area contributed by atoms with Crippen LogP contribution in [-0.2, 0) is 6.42 Å². The highest BCUT2D eigenvalue weighted by atomic mass is 79.9. The average Bonchev–Trinajstić information content (AvgIpc) is 2.88. The molecule has 5 heteroatoms. The van der Waals surface area contributed by atoms with Gasteiger partial charge in [0.25, 0.3) is 0 Å². The molecule has 1 unspecified atom stereocenters. The zero-order valence-electron chi connectivity index (χ0n) is 9.18. The molecular formula is C11H13BrN2S2. The Morgan fingerprint density at radius 3 is 2.88 bits per heavy atom. The number of thiazole rings is 1. The summed E-state index contributed by atoms with van der Waals surface area (Å²) in [6.45, 7) is 2.23. The van der Waals surface area contributed by atoms with Crippen molar-refractivity contribution in [3.63, 3.8) is 0 Å². The Hall–Kier alpha value is -0.390. The van der Waals surface area contributed by atoms with Crippen LogP contribution in [0.25, 0.3) is 0 Å². The summed E-state index contributed by atoms with van der Waals surface area (Å²) < 4.78 is 0.919. The highest BCUT2D eigenvalue weighted by molar-refractivity contribution is 9.10. The average molecular weight is 317 g/mol. The Kier molecular flexibility index (Phi) is 4.00. The second kappa shape index (κ2) is 5.29. The fraction of sp³-hybridized carbons (Fsp3) is 0.364. The van der Waals surface area contributed by atoms with Crippen molar-refractivity contribution >= 4 is 43.7 Å². The van der Waals surface area contributed by atoms with E-state index in [4.69, 9.17) is 0 Å². The van der Waals surface area contributed by atoms with Crippen LogP contribution in [0.3, 0.4) is 0 Å². The van der Waals surface area contributed by atoms with E-state index in [2.05, 4.69) is 57.3 Å². The fourth-order valence-electron chi connectivity index (χ4n) is 1.45. The number of likely N-dealkylation sites (N-methyl/N-ethyl adjacent to an activating group) is 1. The van der Waals surface area contributed by atoms with Gasteiger partial charge in [0.1, 0.15) is 4.60 Å². The Labute approximate surface area is 112 Å². The van der Waals surface area contributed by atoms with Crippen molar-refractivity contribution in [2.45, 2.75) is 19.4 Å². The summed E-state index contributed by atoms with van der Waals surface area (Å²) in [6, 6.07) is 4.76. The van der Waals surface area contributed by atoms with E-state index in [9.17, 15) is 0 Å². The van der Waals surface area contributed by atoms with E-state index in [0.29, 0.717) is 6.04 Å². The van der Waals surface area contributed by atoms with E-state index in [1.807, 2.05) is 16.7 Å². The van der Waals surface area contributed by atoms with Crippen LogP contribution in [0.5, 0.6) is 0 Å². The van der Waals surface area contributed by atoms with Crippen LogP contribution >= 0.6 is 38.6 Å². The van der Waals surface area contributed by atoms with Gasteiger partial charge in [0, 0.05) is 29.8 Å². The Morgan fingerprint density at radius 1 is 1.50 bits per heavy atom. The third-order valence-corrected chi connectivity index (χ3v) is 5.04. The summed E-state index contributed by atoms with van der Waals surface area (Å²) in [4.78, 5) is 8.08. The molecule has 2 nitrogen and oxygen atoms in total. The standard InChI is InChI=1S/C11H13BrN2S2/c1-8(6-9-4-3-5-15-9)14(2)11-13-10(12)7-16-11/h3-5,7-8H,6H2,1-2H3. The van der Waals surface area contributed by atoms with Gasteiger partial charge in [0.05, 0.1) is 0 Å². The number of hydrogen-bond donors (Lipinski definition) is 0. The first-order chi connectivity index (χ1) is 7.66. The summed E-state index contributed by atoms with van der Waals surface area (Å²) in [6.07, 6.45) is 1.07. The van der Waals surface area contributed by atoms with Crippen LogP contribution in [0, 0.1) is 0 Å². The van der Waals surface area contributed by atoms with Gasteiger partial charge in [-0.1, -0.05) is 6.07 Å². The normalized spacial score (nSPS) is 12.7. The molecule has 0 fully saturated rings. The zero-order chi connectivity index (χ0) is 11.5. The summed E-state index contributed by atoms with van der Waals surface area (Å²) >= 11 is 6.87. The minimum absolute atomic E-state index is 0.469. The summed E-state index contributed by atoms with van der Waals surface area (Å²) in [7, 11) is 2.10. The van der Waals surface area contributed by atoms with Crippen molar-refractivity contribution in [1.82, 2.24) is 4.98 Å². The lowest BCUT2D eigenvalue weighted by atomic mass is 10.2. The molecule has 0 spiro atoms. The lowest BCUT2D eigenvalue weighted by molar-refractivity contribution is 0.686. The van der Waals surface area contributed by atoms with E-state index in [-0.39, 0.29) is 0 Å². The van der Waals surface area contributed by atoms with E-state index in [1.165, 1.54) is 4.88 Å². The van der Waals surface area contributed by atoms with E-state index in [1.54, 1.807) is 11.3 Å². The van der Waals surface area contributed by atoms with Gasteiger partial charge in [-0.3, -0.25) is 0 Å². The molecule has 86 valence electrons. The summed E-state index contributed by atoms with van der Waals surface area (Å²) in [5.41, 5.74) is 0. The molecule has 2 rings (SSSR count). The van der Waals surface area contributed by atoms with Crippen molar-refractivity contribution in [1.29, 1.82) is 0 Å². The molecule has 1 atom stereocenters. The van der Waals surface area contributed by atoms with Gasteiger partial charge in [-0.25, -0.2) is 4.98 Å². The lowest BCUT2D eigenvalue weighted by Gasteiger charge is -2.23. The highest BCUT2D eigenvalue weighted by Gasteiger charge is 2.14. The maximum absolute atomic E-state index is 4.43. The third-order valence-electron chi connectivity index (χ3n) is 2.50. The van der Waals surface area contributed by atoms with E-state index < -0.39 is 0 Å². The van der Waals surface area contributed by atoms with Crippen LogP contribution in [0.2, 0.25) is 0 Å². The predicted octanol–water partition coefficient (Wildman–Crippen LogP) is 4.03. The molecule has 0 amide bonds. The second-order valence-electron chi connectivity index (χ2n) is 3.70. The van der Waals surface area contributed by atoms with E-state index in [0.717, 1.165) is 16.2 Å². The molecule has 2 aromatic heterocycles. The maximum atomic E-state index is 4.43. The summed E-state index contributed by atoms with van der Waals surface area (Å²) in [5.74, 6) is 0. The molecule has 0 bridgehead atoms. The molecule has 0 aromatic carbocycles. The number of thiophene rings is 1. The molecule has 0 radical (unpaired) electrons. The predicted molar refractivity (Wildman–Crippen MR) is 75.7 cm³/mol. The Bertz CT molecular complexity index is 439.